The van der Waals surface area contributed by atoms with Gasteiger partial charge >= 0.3 is 0 Å². The fraction of sp³-hybridized carbons (Fsp3) is 0.625. The zero-order valence-corrected chi connectivity index (χ0v) is 12.0. The Morgan fingerprint density at radius 1 is 1.22 bits per heavy atom. The van der Waals surface area contributed by atoms with Gasteiger partial charge in [-0.05, 0) is 43.0 Å². The van der Waals surface area contributed by atoms with Crippen LogP contribution < -0.4 is 10.1 Å². The Hall–Kier alpha value is -1.02. The number of rotatable bonds is 9. The van der Waals surface area contributed by atoms with Gasteiger partial charge in [-0.3, -0.25) is 0 Å². The number of nitrogens with one attached hydrogen (secondary N) is 1. The Labute approximate surface area is 112 Å². The Kier molecular flexibility index (Phi) is 7.51. The third-order valence-electron chi connectivity index (χ3n) is 2.97. The van der Waals surface area contributed by atoms with Crippen molar-refractivity contribution in [2.45, 2.75) is 46.6 Å². The maximum Gasteiger partial charge on any atom is 0.119 e. The van der Waals surface area contributed by atoms with Crippen molar-refractivity contribution in [3.63, 3.8) is 0 Å². The molecule has 0 aliphatic heterocycles. The van der Waals surface area contributed by atoms with Crippen molar-refractivity contribution >= 4 is 0 Å². The lowest BCUT2D eigenvalue weighted by molar-refractivity contribution is 0.251. The summed E-state index contributed by atoms with van der Waals surface area (Å²) in [6.45, 7) is 9.46. The standard InChI is InChI=1S/C16H27NO/c1-4-7-14(3)13-18-16-9-6-8-15(11-16)12-17-10-5-2/h6,8-9,11,14,17H,4-5,7,10,12-13H2,1-3H3. The Bertz CT molecular complexity index is 325. The SMILES string of the molecule is CCCNCc1cccc(OCC(C)CCC)c1. The van der Waals surface area contributed by atoms with Crippen LogP contribution in [-0.4, -0.2) is 13.2 Å². The van der Waals surface area contributed by atoms with Gasteiger partial charge in [0.1, 0.15) is 5.75 Å². The zero-order chi connectivity index (χ0) is 13.2. The van der Waals surface area contributed by atoms with E-state index in [1.165, 1.54) is 24.8 Å². The van der Waals surface area contributed by atoms with Crippen LogP contribution in [0.1, 0.15) is 45.6 Å². The molecule has 2 nitrogen and oxygen atoms in total. The predicted molar refractivity (Wildman–Crippen MR) is 78.0 cm³/mol. The highest BCUT2D eigenvalue weighted by atomic mass is 16.5. The molecule has 0 radical (unpaired) electrons. The van der Waals surface area contributed by atoms with E-state index in [0.29, 0.717) is 5.92 Å². The van der Waals surface area contributed by atoms with Crippen LogP contribution in [-0.2, 0) is 6.54 Å². The highest BCUT2D eigenvalue weighted by Gasteiger charge is 2.02. The summed E-state index contributed by atoms with van der Waals surface area (Å²) >= 11 is 0. The highest BCUT2D eigenvalue weighted by Crippen LogP contribution is 2.15. The molecule has 0 fully saturated rings. The van der Waals surface area contributed by atoms with E-state index in [9.17, 15) is 0 Å². The summed E-state index contributed by atoms with van der Waals surface area (Å²) in [4.78, 5) is 0. The monoisotopic (exact) mass is 249 g/mol. The summed E-state index contributed by atoms with van der Waals surface area (Å²) in [5, 5.41) is 3.41. The molecule has 0 saturated heterocycles. The lowest BCUT2D eigenvalue weighted by Gasteiger charge is -2.13. The first-order chi connectivity index (χ1) is 8.76. The summed E-state index contributed by atoms with van der Waals surface area (Å²) in [5.74, 6) is 1.63. The molecule has 0 saturated carbocycles. The van der Waals surface area contributed by atoms with Gasteiger partial charge in [0.05, 0.1) is 6.61 Å². The van der Waals surface area contributed by atoms with Crippen LogP contribution in [0, 0.1) is 5.92 Å². The van der Waals surface area contributed by atoms with Gasteiger partial charge in [0.2, 0.25) is 0 Å². The number of hydrogen-bond donors (Lipinski definition) is 1. The van der Waals surface area contributed by atoms with Crippen LogP contribution in [0.15, 0.2) is 24.3 Å². The molecule has 1 aromatic rings. The Balaban J connectivity index is 2.39. The molecule has 1 rings (SSSR count). The van der Waals surface area contributed by atoms with Crippen molar-refractivity contribution in [3.05, 3.63) is 29.8 Å². The average Bonchev–Trinajstić information content (AvgIpc) is 2.38. The van der Waals surface area contributed by atoms with Crippen LogP contribution in [0.5, 0.6) is 5.75 Å². The number of ether oxygens (including phenoxy) is 1. The Morgan fingerprint density at radius 3 is 2.78 bits per heavy atom. The summed E-state index contributed by atoms with van der Waals surface area (Å²) in [6.07, 6.45) is 3.63. The van der Waals surface area contributed by atoms with Crippen molar-refractivity contribution in [3.8, 4) is 5.75 Å². The minimum Gasteiger partial charge on any atom is -0.493 e. The van der Waals surface area contributed by atoms with Crippen LogP contribution in [0.25, 0.3) is 0 Å². The van der Waals surface area contributed by atoms with E-state index in [1.807, 2.05) is 6.07 Å². The van der Waals surface area contributed by atoms with Crippen LogP contribution >= 0.6 is 0 Å². The van der Waals surface area contributed by atoms with Gasteiger partial charge < -0.3 is 10.1 Å². The maximum atomic E-state index is 5.84. The Morgan fingerprint density at radius 2 is 2.06 bits per heavy atom. The van der Waals surface area contributed by atoms with Gasteiger partial charge in [0.15, 0.2) is 0 Å². The van der Waals surface area contributed by atoms with E-state index in [2.05, 4.69) is 44.3 Å². The molecule has 1 unspecified atom stereocenters. The maximum absolute atomic E-state index is 5.84. The van der Waals surface area contributed by atoms with E-state index in [0.717, 1.165) is 25.4 Å². The molecule has 0 aromatic heterocycles. The molecule has 1 atom stereocenters. The minimum absolute atomic E-state index is 0.636. The van der Waals surface area contributed by atoms with E-state index >= 15 is 0 Å². The molecule has 0 heterocycles. The highest BCUT2D eigenvalue weighted by molar-refractivity contribution is 5.28. The molecule has 18 heavy (non-hydrogen) atoms. The second-order valence-corrected chi connectivity index (χ2v) is 5.03. The quantitative estimate of drug-likeness (QED) is 0.668. The smallest absolute Gasteiger partial charge is 0.119 e. The van der Waals surface area contributed by atoms with E-state index < -0.39 is 0 Å². The molecule has 0 spiro atoms. The predicted octanol–water partition coefficient (Wildman–Crippen LogP) is 4.00. The van der Waals surface area contributed by atoms with E-state index in [1.54, 1.807) is 0 Å². The van der Waals surface area contributed by atoms with Crippen molar-refractivity contribution in [1.82, 2.24) is 5.32 Å². The van der Waals surface area contributed by atoms with Gasteiger partial charge in [-0.25, -0.2) is 0 Å². The molecule has 2 heteroatoms. The molecule has 0 aliphatic rings. The molecule has 0 aliphatic carbocycles. The second kappa shape index (κ2) is 8.98. The van der Waals surface area contributed by atoms with E-state index in [-0.39, 0.29) is 0 Å². The molecular weight excluding hydrogens is 222 g/mol. The zero-order valence-electron chi connectivity index (χ0n) is 12.0. The third kappa shape index (κ3) is 6.06. The average molecular weight is 249 g/mol. The van der Waals surface area contributed by atoms with Gasteiger partial charge in [-0.2, -0.15) is 0 Å². The van der Waals surface area contributed by atoms with Crippen LogP contribution in [0.4, 0.5) is 0 Å². The van der Waals surface area contributed by atoms with Crippen molar-refractivity contribution in [2.24, 2.45) is 5.92 Å². The van der Waals surface area contributed by atoms with E-state index in [4.69, 9.17) is 4.74 Å². The fourth-order valence-electron chi connectivity index (χ4n) is 1.97. The number of hydrogen-bond acceptors (Lipinski definition) is 2. The molecule has 0 bridgehead atoms. The van der Waals surface area contributed by atoms with Gasteiger partial charge in [0, 0.05) is 6.54 Å². The molecule has 0 amide bonds. The van der Waals surface area contributed by atoms with Crippen molar-refractivity contribution in [1.29, 1.82) is 0 Å². The summed E-state index contributed by atoms with van der Waals surface area (Å²) in [6, 6.07) is 8.40. The molecule has 1 N–H and O–H groups in total. The minimum atomic E-state index is 0.636. The molecule has 102 valence electrons. The van der Waals surface area contributed by atoms with Crippen LogP contribution in [0.3, 0.4) is 0 Å². The normalized spacial score (nSPS) is 12.4. The largest absolute Gasteiger partial charge is 0.493 e. The second-order valence-electron chi connectivity index (χ2n) is 5.03. The van der Waals surface area contributed by atoms with Gasteiger partial charge in [0.25, 0.3) is 0 Å². The molecular formula is C16H27NO. The lowest BCUT2D eigenvalue weighted by atomic mass is 10.1. The third-order valence-corrected chi connectivity index (χ3v) is 2.97. The van der Waals surface area contributed by atoms with Gasteiger partial charge in [-0.15, -0.1) is 0 Å². The van der Waals surface area contributed by atoms with Gasteiger partial charge in [-0.1, -0.05) is 39.3 Å². The first kappa shape index (κ1) is 15.0. The fourth-order valence-corrected chi connectivity index (χ4v) is 1.97. The number of benzene rings is 1. The van der Waals surface area contributed by atoms with Crippen molar-refractivity contribution < 1.29 is 4.74 Å². The summed E-state index contributed by atoms with van der Waals surface area (Å²) in [7, 11) is 0. The summed E-state index contributed by atoms with van der Waals surface area (Å²) < 4.78 is 5.84. The van der Waals surface area contributed by atoms with Crippen molar-refractivity contribution in [2.75, 3.05) is 13.2 Å². The summed E-state index contributed by atoms with van der Waals surface area (Å²) in [5.41, 5.74) is 1.30. The first-order valence-corrected chi connectivity index (χ1v) is 7.18. The molecule has 1 aromatic carbocycles. The van der Waals surface area contributed by atoms with Crippen LogP contribution in [0.2, 0.25) is 0 Å². The lowest BCUT2D eigenvalue weighted by Crippen LogP contribution is -2.14. The first-order valence-electron chi connectivity index (χ1n) is 7.18. The topological polar surface area (TPSA) is 21.3 Å².